The molecule has 2 aliphatic heterocycles. The molecule has 0 saturated carbocycles. The highest BCUT2D eigenvalue weighted by molar-refractivity contribution is 5.94. The molecule has 4 rings (SSSR count). The van der Waals surface area contributed by atoms with Crippen LogP contribution in [-0.4, -0.2) is 42.0 Å². The van der Waals surface area contributed by atoms with E-state index in [0.29, 0.717) is 12.0 Å². The molecule has 0 atom stereocenters. The molecule has 2 fully saturated rings. The lowest BCUT2D eigenvalue weighted by atomic mass is 9.78. The number of halogens is 2. The van der Waals surface area contributed by atoms with E-state index in [1.807, 2.05) is 47.4 Å². The highest BCUT2D eigenvalue weighted by atomic mass is 35.5. The largest absolute Gasteiger partial charge is 0.487 e. The number of nitrogens with one attached hydrogen (secondary N) is 1. The summed E-state index contributed by atoms with van der Waals surface area (Å²) >= 11 is 0. The highest BCUT2D eigenvalue weighted by Crippen LogP contribution is 2.37. The molecule has 2 aliphatic rings. The van der Waals surface area contributed by atoms with Crippen LogP contribution in [0.1, 0.15) is 35.3 Å². The van der Waals surface area contributed by atoms with Gasteiger partial charge >= 0.3 is 0 Å². The number of aromatic nitrogens is 1. The minimum atomic E-state index is 0. The summed E-state index contributed by atoms with van der Waals surface area (Å²) in [5, 5.41) is 3.47. The van der Waals surface area contributed by atoms with Crippen LogP contribution in [-0.2, 0) is 6.61 Å². The maximum atomic E-state index is 12.8. The minimum Gasteiger partial charge on any atom is -0.487 e. The van der Waals surface area contributed by atoms with E-state index in [-0.39, 0.29) is 30.7 Å². The second-order valence-electron chi connectivity index (χ2n) is 7.35. The van der Waals surface area contributed by atoms with Gasteiger partial charge in [0.25, 0.3) is 5.91 Å². The molecule has 2 aromatic rings. The van der Waals surface area contributed by atoms with Crippen LogP contribution in [0.3, 0.4) is 0 Å². The number of carbonyl (C=O) groups is 1. The molecule has 1 aromatic carbocycles. The quantitative estimate of drug-likeness (QED) is 0.813. The lowest BCUT2D eigenvalue weighted by molar-refractivity contribution is 0.0607. The average Bonchev–Trinajstić information content (AvgIpc) is 3.16. The lowest BCUT2D eigenvalue weighted by Crippen LogP contribution is -2.44. The van der Waals surface area contributed by atoms with Crippen LogP contribution in [0.4, 0.5) is 0 Å². The fourth-order valence-electron chi connectivity index (χ4n) is 3.92. The third kappa shape index (κ3) is 5.16. The Labute approximate surface area is 178 Å². The second kappa shape index (κ2) is 10.1. The maximum Gasteiger partial charge on any atom is 0.253 e. The van der Waals surface area contributed by atoms with E-state index >= 15 is 0 Å². The smallest absolute Gasteiger partial charge is 0.253 e. The number of rotatable bonds is 4. The number of piperidine rings is 1. The highest BCUT2D eigenvalue weighted by Gasteiger charge is 2.38. The number of nitrogens with zero attached hydrogens (tertiary/aromatic N) is 2. The summed E-state index contributed by atoms with van der Waals surface area (Å²) in [6.45, 7) is 4.37. The van der Waals surface area contributed by atoms with Crippen molar-refractivity contribution in [1.82, 2.24) is 15.2 Å². The topological polar surface area (TPSA) is 54.5 Å². The van der Waals surface area contributed by atoms with Gasteiger partial charge in [0, 0.05) is 31.4 Å². The Hall–Kier alpha value is -1.82. The predicted octanol–water partition coefficient (Wildman–Crippen LogP) is 3.72. The first-order chi connectivity index (χ1) is 12.7. The number of carbonyl (C=O) groups excluding carboxylic acids is 1. The van der Waals surface area contributed by atoms with E-state index in [0.717, 1.165) is 56.0 Å². The van der Waals surface area contributed by atoms with Crippen LogP contribution in [0.2, 0.25) is 0 Å². The van der Waals surface area contributed by atoms with Crippen molar-refractivity contribution in [3.05, 3.63) is 59.9 Å². The normalized spacial score (nSPS) is 17.5. The molecule has 3 heterocycles. The number of likely N-dealkylation sites (tertiary alicyclic amines) is 1. The van der Waals surface area contributed by atoms with E-state index < -0.39 is 0 Å². The van der Waals surface area contributed by atoms with Crippen LogP contribution in [0, 0.1) is 5.41 Å². The Morgan fingerprint density at radius 1 is 1.07 bits per heavy atom. The summed E-state index contributed by atoms with van der Waals surface area (Å²) in [5.41, 5.74) is 2.05. The monoisotopic (exact) mass is 423 g/mol. The molecule has 0 aliphatic carbocycles. The standard InChI is InChI=1S/C21H25N3O2.2ClH/c25-20(24-13-9-21(10-14-24)8-12-22-16-21)17-4-6-19(7-5-17)26-15-18-3-1-2-11-23-18;;/h1-7,11,22H,8-10,12-16H2;2*1H. The third-order valence-electron chi connectivity index (χ3n) is 5.66. The summed E-state index contributed by atoms with van der Waals surface area (Å²) in [7, 11) is 0. The van der Waals surface area contributed by atoms with Crippen molar-refractivity contribution >= 4 is 30.7 Å². The molecule has 152 valence electrons. The second-order valence-corrected chi connectivity index (χ2v) is 7.35. The SMILES string of the molecule is Cl.Cl.O=C(c1ccc(OCc2ccccn2)cc1)N1CCC2(CCNC2)CC1. The summed E-state index contributed by atoms with van der Waals surface area (Å²) in [4.78, 5) is 19.0. The van der Waals surface area contributed by atoms with Crippen molar-refractivity contribution < 1.29 is 9.53 Å². The van der Waals surface area contributed by atoms with Crippen LogP contribution < -0.4 is 10.1 Å². The Morgan fingerprint density at radius 3 is 2.43 bits per heavy atom. The van der Waals surface area contributed by atoms with Crippen molar-refractivity contribution in [2.24, 2.45) is 5.41 Å². The molecule has 0 radical (unpaired) electrons. The van der Waals surface area contributed by atoms with Gasteiger partial charge in [-0.1, -0.05) is 6.07 Å². The molecular weight excluding hydrogens is 397 g/mol. The van der Waals surface area contributed by atoms with Crippen molar-refractivity contribution in [3.8, 4) is 5.75 Å². The summed E-state index contributed by atoms with van der Waals surface area (Å²) < 4.78 is 5.74. The zero-order valence-electron chi connectivity index (χ0n) is 15.8. The first kappa shape index (κ1) is 22.5. The number of ether oxygens (including phenoxy) is 1. The number of hydrogen-bond acceptors (Lipinski definition) is 4. The van der Waals surface area contributed by atoms with Crippen molar-refractivity contribution in [2.45, 2.75) is 25.9 Å². The fraction of sp³-hybridized carbons (Fsp3) is 0.429. The first-order valence-electron chi connectivity index (χ1n) is 9.37. The minimum absolute atomic E-state index is 0. The van der Waals surface area contributed by atoms with E-state index in [1.165, 1.54) is 6.42 Å². The molecule has 0 bridgehead atoms. The van der Waals surface area contributed by atoms with Crippen LogP contribution in [0.15, 0.2) is 48.7 Å². The van der Waals surface area contributed by atoms with Crippen molar-refractivity contribution in [1.29, 1.82) is 0 Å². The summed E-state index contributed by atoms with van der Waals surface area (Å²) in [6.07, 6.45) is 5.22. The molecule has 1 N–H and O–H groups in total. The van der Waals surface area contributed by atoms with Gasteiger partial charge < -0.3 is 15.0 Å². The Bertz CT molecular complexity index is 740. The van der Waals surface area contributed by atoms with Gasteiger partial charge in [0.15, 0.2) is 0 Å². The number of pyridine rings is 1. The summed E-state index contributed by atoms with van der Waals surface area (Å²) in [6, 6.07) is 13.2. The molecule has 5 nitrogen and oxygen atoms in total. The van der Waals surface area contributed by atoms with Gasteiger partial charge in [-0.3, -0.25) is 9.78 Å². The van der Waals surface area contributed by atoms with Gasteiger partial charge in [0.2, 0.25) is 0 Å². The summed E-state index contributed by atoms with van der Waals surface area (Å²) in [5.74, 6) is 0.879. The van der Waals surface area contributed by atoms with Crippen LogP contribution in [0.25, 0.3) is 0 Å². The molecule has 1 spiro atoms. The van der Waals surface area contributed by atoms with Gasteiger partial charge in [0.1, 0.15) is 12.4 Å². The molecule has 28 heavy (non-hydrogen) atoms. The van der Waals surface area contributed by atoms with Crippen LogP contribution >= 0.6 is 24.8 Å². The van der Waals surface area contributed by atoms with E-state index in [4.69, 9.17) is 4.74 Å². The maximum absolute atomic E-state index is 12.8. The zero-order chi connectivity index (χ0) is 17.8. The molecule has 2 saturated heterocycles. The van der Waals surface area contributed by atoms with Crippen molar-refractivity contribution in [2.75, 3.05) is 26.2 Å². The van der Waals surface area contributed by atoms with Gasteiger partial charge in [-0.25, -0.2) is 0 Å². The van der Waals surface area contributed by atoms with Gasteiger partial charge in [0.05, 0.1) is 5.69 Å². The van der Waals surface area contributed by atoms with E-state index in [2.05, 4.69) is 10.3 Å². The van der Waals surface area contributed by atoms with Gasteiger partial charge in [-0.15, -0.1) is 24.8 Å². The molecule has 0 unspecified atom stereocenters. The van der Waals surface area contributed by atoms with Crippen LogP contribution in [0.5, 0.6) is 5.75 Å². The number of benzene rings is 1. The Morgan fingerprint density at radius 2 is 1.82 bits per heavy atom. The Balaban J connectivity index is 0.00000140. The van der Waals surface area contributed by atoms with Gasteiger partial charge in [-0.2, -0.15) is 0 Å². The van der Waals surface area contributed by atoms with Gasteiger partial charge in [-0.05, 0) is 67.6 Å². The fourth-order valence-corrected chi connectivity index (χ4v) is 3.92. The lowest BCUT2D eigenvalue weighted by Gasteiger charge is -2.38. The third-order valence-corrected chi connectivity index (χ3v) is 5.66. The Kier molecular flexibility index (Phi) is 8.10. The molecule has 1 aromatic heterocycles. The molecule has 1 amide bonds. The number of amides is 1. The average molecular weight is 424 g/mol. The first-order valence-corrected chi connectivity index (χ1v) is 9.37. The zero-order valence-corrected chi connectivity index (χ0v) is 17.4. The van der Waals surface area contributed by atoms with E-state index in [9.17, 15) is 4.79 Å². The van der Waals surface area contributed by atoms with Crippen molar-refractivity contribution in [3.63, 3.8) is 0 Å². The molecule has 7 heteroatoms. The van der Waals surface area contributed by atoms with E-state index in [1.54, 1.807) is 6.20 Å². The molecular formula is C21H27Cl2N3O2. The predicted molar refractivity (Wildman–Crippen MR) is 115 cm³/mol. The number of hydrogen-bond donors (Lipinski definition) is 1.